The molecule has 0 radical (unpaired) electrons. The maximum Gasteiger partial charge on any atom is 0.276 e. The summed E-state index contributed by atoms with van der Waals surface area (Å²) in [5.74, 6) is 0.529. The smallest absolute Gasteiger partial charge is 0.276 e. The summed E-state index contributed by atoms with van der Waals surface area (Å²) >= 11 is 3.12. The number of hydrogen-bond donors (Lipinski definition) is 1. The monoisotopic (exact) mass is 368 g/mol. The van der Waals surface area contributed by atoms with Gasteiger partial charge in [0.2, 0.25) is 0 Å². The van der Waals surface area contributed by atoms with Crippen molar-refractivity contribution in [3.8, 4) is 0 Å². The number of nitrogens with zero attached hydrogens (tertiary/aromatic N) is 3. The van der Waals surface area contributed by atoms with Crippen LogP contribution < -0.4 is 15.9 Å². The first-order valence-electron chi connectivity index (χ1n) is 7.84. The van der Waals surface area contributed by atoms with E-state index in [1.165, 1.54) is 16.6 Å². The molecule has 0 bridgehead atoms. The highest BCUT2D eigenvalue weighted by molar-refractivity contribution is 8.14. The number of benzene rings is 1. The van der Waals surface area contributed by atoms with Gasteiger partial charge in [-0.25, -0.2) is 5.01 Å². The molecule has 7 heteroatoms. The van der Waals surface area contributed by atoms with Crippen molar-refractivity contribution in [2.24, 2.45) is 10.1 Å². The number of fused-ring (bicyclic) bond motifs is 2. The lowest BCUT2D eigenvalue weighted by Crippen LogP contribution is -2.50. The van der Waals surface area contributed by atoms with Gasteiger partial charge in [-0.3, -0.25) is 15.1 Å². The van der Waals surface area contributed by atoms with Crippen molar-refractivity contribution in [1.29, 1.82) is 0 Å². The number of rotatable bonds is 3. The van der Waals surface area contributed by atoms with E-state index >= 15 is 0 Å². The quantitative estimate of drug-likeness (QED) is 0.845. The van der Waals surface area contributed by atoms with Gasteiger partial charge in [0.1, 0.15) is 5.70 Å². The summed E-state index contributed by atoms with van der Waals surface area (Å²) in [5.41, 5.74) is 0.546. The fourth-order valence-corrected chi connectivity index (χ4v) is 4.30. The number of thioether (sulfide) groups is 1. The maximum absolute atomic E-state index is 12.8. The van der Waals surface area contributed by atoms with Crippen LogP contribution in [0.25, 0.3) is 5.70 Å². The van der Waals surface area contributed by atoms with E-state index in [1.54, 1.807) is 22.4 Å². The lowest BCUT2D eigenvalue weighted by Gasteiger charge is -2.33. The minimum Gasteiger partial charge on any atom is -0.298 e. The van der Waals surface area contributed by atoms with Gasteiger partial charge in [-0.1, -0.05) is 36.0 Å². The Bertz CT molecular complexity index is 1010. The van der Waals surface area contributed by atoms with Crippen LogP contribution in [0.3, 0.4) is 0 Å². The van der Waals surface area contributed by atoms with Gasteiger partial charge in [-0.2, -0.15) is 0 Å². The number of nitrogens with one attached hydrogen (secondary N) is 1. The molecule has 2 aliphatic rings. The lowest BCUT2D eigenvalue weighted by molar-refractivity contribution is -0.116. The molecule has 5 nitrogen and oxygen atoms in total. The fourth-order valence-electron chi connectivity index (χ4n) is 2.81. The van der Waals surface area contributed by atoms with Crippen LogP contribution in [-0.4, -0.2) is 21.8 Å². The average molecular weight is 368 g/mol. The molecular weight excluding hydrogens is 352 g/mol. The fraction of sp³-hybridized carbons (Fsp3) is 0.167. The molecule has 1 amide bonds. The molecular formula is C18H16N4OS2. The van der Waals surface area contributed by atoms with Crippen LogP contribution in [0.2, 0.25) is 0 Å². The zero-order valence-corrected chi connectivity index (χ0v) is 15.2. The number of carbonyl (C=O) groups is 1. The second kappa shape index (κ2) is 6.50. The standard InChI is InChI=1S/C18H16N4OS2/c1-3-10-24-18-20-17(23)15-12-6-4-5-7-13(12)19-16(22(15)21-18)14-9-8-11(2)25-14/h3-9,16H,1,10H2,2H3,(H,20,21,23). The van der Waals surface area contributed by atoms with Gasteiger partial charge >= 0.3 is 0 Å². The van der Waals surface area contributed by atoms with Gasteiger partial charge in [0.15, 0.2) is 11.3 Å². The second-order valence-electron chi connectivity index (χ2n) is 5.62. The zero-order chi connectivity index (χ0) is 17.4. The van der Waals surface area contributed by atoms with Crippen LogP contribution in [0.4, 0.5) is 0 Å². The van der Waals surface area contributed by atoms with Crippen molar-refractivity contribution in [1.82, 2.24) is 10.3 Å². The van der Waals surface area contributed by atoms with E-state index in [0.29, 0.717) is 16.6 Å². The predicted molar refractivity (Wildman–Crippen MR) is 102 cm³/mol. The van der Waals surface area contributed by atoms with E-state index < -0.39 is 0 Å². The summed E-state index contributed by atoms with van der Waals surface area (Å²) in [7, 11) is 0. The van der Waals surface area contributed by atoms with Crippen molar-refractivity contribution in [3.63, 3.8) is 0 Å². The number of amides is 1. The van der Waals surface area contributed by atoms with Crippen LogP contribution in [-0.2, 0) is 4.79 Å². The highest BCUT2D eigenvalue weighted by atomic mass is 32.2. The molecule has 1 aromatic carbocycles. The second-order valence-corrected chi connectivity index (χ2v) is 7.95. The van der Waals surface area contributed by atoms with E-state index in [-0.39, 0.29) is 12.1 Å². The van der Waals surface area contributed by atoms with Crippen LogP contribution in [0.5, 0.6) is 0 Å². The van der Waals surface area contributed by atoms with E-state index in [0.717, 1.165) is 15.5 Å². The van der Waals surface area contributed by atoms with Crippen molar-refractivity contribution in [2.75, 3.05) is 5.75 Å². The molecule has 0 spiro atoms. The Hall–Kier alpha value is -2.38. The van der Waals surface area contributed by atoms with E-state index in [9.17, 15) is 4.79 Å². The first-order chi connectivity index (χ1) is 12.2. The Morgan fingerprint density at radius 2 is 2.20 bits per heavy atom. The Morgan fingerprint density at radius 1 is 1.36 bits per heavy atom. The minimum absolute atomic E-state index is 0.151. The van der Waals surface area contributed by atoms with Crippen molar-refractivity contribution in [3.05, 3.63) is 69.4 Å². The van der Waals surface area contributed by atoms with Gasteiger partial charge < -0.3 is 0 Å². The largest absolute Gasteiger partial charge is 0.298 e. The molecule has 0 saturated heterocycles. The number of hydrogen-bond acceptors (Lipinski definition) is 6. The van der Waals surface area contributed by atoms with Gasteiger partial charge in [-0.05, 0) is 25.1 Å². The molecule has 126 valence electrons. The minimum atomic E-state index is -0.325. The zero-order valence-electron chi connectivity index (χ0n) is 13.6. The molecule has 1 unspecified atom stereocenters. The van der Waals surface area contributed by atoms with Gasteiger partial charge in [0, 0.05) is 15.8 Å². The van der Waals surface area contributed by atoms with Gasteiger partial charge in [0.05, 0.1) is 10.2 Å². The molecule has 0 fully saturated rings. The molecule has 3 heterocycles. The summed E-state index contributed by atoms with van der Waals surface area (Å²) in [6.45, 7) is 5.78. The summed E-state index contributed by atoms with van der Waals surface area (Å²) in [6, 6.07) is 11.8. The molecule has 4 rings (SSSR count). The number of amidine groups is 1. The third-order valence-electron chi connectivity index (χ3n) is 3.87. The average Bonchev–Trinajstić information content (AvgIpc) is 3.05. The van der Waals surface area contributed by atoms with Crippen molar-refractivity contribution >= 4 is 39.9 Å². The van der Waals surface area contributed by atoms with E-state index in [4.69, 9.17) is 4.99 Å². The van der Waals surface area contributed by atoms with Crippen molar-refractivity contribution in [2.45, 2.75) is 13.1 Å². The topological polar surface area (TPSA) is 57.1 Å². The number of aryl methyl sites for hydroxylation is 1. The maximum atomic E-state index is 12.8. The van der Waals surface area contributed by atoms with E-state index in [1.807, 2.05) is 24.3 Å². The van der Waals surface area contributed by atoms with Crippen molar-refractivity contribution < 1.29 is 4.79 Å². The summed E-state index contributed by atoms with van der Waals surface area (Å²) in [4.78, 5) is 19.9. The predicted octanol–water partition coefficient (Wildman–Crippen LogP) is 2.12. The number of carbonyl (C=O) groups excluding carboxylic acids is 1. The van der Waals surface area contributed by atoms with Crippen LogP contribution in [0.1, 0.15) is 15.9 Å². The highest BCUT2D eigenvalue weighted by Gasteiger charge is 2.34. The summed E-state index contributed by atoms with van der Waals surface area (Å²) in [5, 5.41) is 11.5. The molecule has 1 atom stereocenters. The van der Waals surface area contributed by atoms with Crippen LogP contribution >= 0.6 is 23.1 Å². The number of thiophene rings is 1. The molecule has 25 heavy (non-hydrogen) atoms. The molecule has 1 N–H and O–H groups in total. The Balaban J connectivity index is 1.91. The first-order valence-corrected chi connectivity index (χ1v) is 9.64. The molecule has 0 aliphatic carbocycles. The highest BCUT2D eigenvalue weighted by Crippen LogP contribution is 2.34. The first kappa shape index (κ1) is 16.1. The number of para-hydroxylation sites is 1. The summed E-state index contributed by atoms with van der Waals surface area (Å²) in [6.07, 6.45) is 1.46. The Morgan fingerprint density at radius 3 is 2.96 bits per heavy atom. The Labute approximate surface area is 153 Å². The van der Waals surface area contributed by atoms with Crippen LogP contribution in [0.15, 0.2) is 59.1 Å². The normalized spacial score (nSPS) is 18.7. The SMILES string of the molecule is C=CCSC1=NN2C(=c3ccccc3=NC2c2ccc(C)s2)C(=O)N1. The number of hydrazone groups is 1. The third-order valence-corrected chi connectivity index (χ3v) is 5.77. The molecule has 1 aromatic heterocycles. The molecule has 2 aliphatic heterocycles. The molecule has 2 aromatic rings. The summed E-state index contributed by atoms with van der Waals surface area (Å²) < 4.78 is 0. The van der Waals surface area contributed by atoms with Gasteiger partial charge in [0.25, 0.3) is 5.91 Å². The third kappa shape index (κ3) is 2.89. The molecule has 0 saturated carbocycles. The van der Waals surface area contributed by atoms with Gasteiger partial charge in [-0.15, -0.1) is 23.0 Å². The van der Waals surface area contributed by atoms with E-state index in [2.05, 4.69) is 36.1 Å². The Kier molecular flexibility index (Phi) is 4.19. The van der Waals surface area contributed by atoms with Crippen LogP contribution in [0, 0.1) is 6.92 Å². The lowest BCUT2D eigenvalue weighted by atomic mass is 10.1.